The Labute approximate surface area is 128 Å². The zero-order valence-electron chi connectivity index (χ0n) is 12.9. The van der Waals surface area contributed by atoms with E-state index in [-0.39, 0.29) is 5.41 Å². The smallest absolute Gasteiger partial charge is 0.0215 e. The van der Waals surface area contributed by atoms with E-state index in [9.17, 15) is 0 Å². The SMILES string of the molecule is CCCC1(CCC2CC2)c2ccccc2-c2ccccc21. The Morgan fingerprint density at radius 2 is 1.43 bits per heavy atom. The van der Waals surface area contributed by atoms with Crippen molar-refractivity contribution in [3.05, 3.63) is 59.7 Å². The molecule has 0 unspecified atom stereocenters. The first kappa shape index (κ1) is 13.1. The van der Waals surface area contributed by atoms with Gasteiger partial charge < -0.3 is 0 Å². The Morgan fingerprint density at radius 1 is 0.857 bits per heavy atom. The third-order valence-corrected chi connectivity index (χ3v) is 5.53. The Morgan fingerprint density at radius 3 is 1.95 bits per heavy atom. The molecule has 0 N–H and O–H groups in total. The molecule has 0 atom stereocenters. The summed E-state index contributed by atoms with van der Waals surface area (Å²) in [6.07, 6.45) is 8.21. The average Bonchev–Trinajstić information content (AvgIpc) is 3.32. The third kappa shape index (κ3) is 2.04. The standard InChI is InChI=1S/C21H24/c1-2-14-21(15-13-16-11-12-16)19-9-5-3-7-17(19)18-8-4-6-10-20(18)21/h3-10,16H,2,11-15H2,1H3. The fraction of sp³-hybridized carbons (Fsp3) is 0.429. The van der Waals surface area contributed by atoms with Crippen molar-refractivity contribution in [2.75, 3.05) is 0 Å². The summed E-state index contributed by atoms with van der Waals surface area (Å²) in [5, 5.41) is 0. The average molecular weight is 276 g/mol. The maximum absolute atomic E-state index is 2.39. The van der Waals surface area contributed by atoms with Crippen molar-refractivity contribution >= 4 is 0 Å². The highest BCUT2D eigenvalue weighted by molar-refractivity contribution is 5.80. The van der Waals surface area contributed by atoms with Crippen molar-refractivity contribution < 1.29 is 0 Å². The van der Waals surface area contributed by atoms with E-state index in [0.29, 0.717) is 0 Å². The Hall–Kier alpha value is -1.56. The van der Waals surface area contributed by atoms with Gasteiger partial charge in [0.05, 0.1) is 0 Å². The topological polar surface area (TPSA) is 0 Å². The summed E-state index contributed by atoms with van der Waals surface area (Å²) in [6, 6.07) is 18.3. The van der Waals surface area contributed by atoms with Crippen LogP contribution in [0.25, 0.3) is 11.1 Å². The second-order valence-electron chi connectivity index (χ2n) is 6.91. The largest absolute Gasteiger partial charge is 0.0653 e. The number of benzene rings is 2. The van der Waals surface area contributed by atoms with Crippen LogP contribution in [0.4, 0.5) is 0 Å². The highest BCUT2D eigenvalue weighted by atomic mass is 14.5. The summed E-state index contributed by atoms with van der Waals surface area (Å²) >= 11 is 0. The molecule has 2 aromatic rings. The van der Waals surface area contributed by atoms with Gasteiger partial charge in [0, 0.05) is 5.41 Å². The maximum atomic E-state index is 2.39. The highest BCUT2D eigenvalue weighted by Crippen LogP contribution is 2.54. The molecule has 0 bridgehead atoms. The van der Waals surface area contributed by atoms with Crippen LogP contribution in [0.15, 0.2) is 48.5 Å². The van der Waals surface area contributed by atoms with Gasteiger partial charge in [0.1, 0.15) is 0 Å². The molecule has 0 aromatic heterocycles. The molecule has 0 aliphatic heterocycles. The first-order chi connectivity index (χ1) is 10.3. The molecule has 2 aromatic carbocycles. The Balaban J connectivity index is 1.86. The molecule has 0 saturated heterocycles. The fourth-order valence-corrected chi connectivity index (χ4v) is 4.36. The number of rotatable bonds is 5. The molecule has 2 aliphatic rings. The summed E-state index contributed by atoms with van der Waals surface area (Å²) < 4.78 is 0. The number of hydrogen-bond acceptors (Lipinski definition) is 0. The lowest BCUT2D eigenvalue weighted by molar-refractivity contribution is 0.415. The molecule has 4 rings (SSSR count). The van der Waals surface area contributed by atoms with Crippen LogP contribution in [0.3, 0.4) is 0 Å². The molecule has 1 fully saturated rings. The van der Waals surface area contributed by atoms with E-state index < -0.39 is 0 Å². The van der Waals surface area contributed by atoms with Crippen molar-refractivity contribution in [1.82, 2.24) is 0 Å². The van der Waals surface area contributed by atoms with Crippen LogP contribution in [0.2, 0.25) is 0 Å². The molecule has 0 spiro atoms. The normalized spacial score (nSPS) is 18.3. The lowest BCUT2D eigenvalue weighted by atomic mass is 9.71. The van der Waals surface area contributed by atoms with Gasteiger partial charge in [-0.15, -0.1) is 0 Å². The lowest BCUT2D eigenvalue weighted by Gasteiger charge is -2.32. The minimum Gasteiger partial charge on any atom is -0.0653 e. The minimum atomic E-state index is 0.282. The summed E-state index contributed by atoms with van der Waals surface area (Å²) in [6.45, 7) is 2.34. The van der Waals surface area contributed by atoms with E-state index in [1.165, 1.54) is 49.7 Å². The van der Waals surface area contributed by atoms with Crippen LogP contribution in [0.1, 0.15) is 56.6 Å². The molecule has 1 saturated carbocycles. The van der Waals surface area contributed by atoms with Crippen LogP contribution >= 0.6 is 0 Å². The first-order valence-electron chi connectivity index (χ1n) is 8.54. The predicted octanol–water partition coefficient (Wildman–Crippen LogP) is 5.94. The molecule has 0 heterocycles. The third-order valence-electron chi connectivity index (χ3n) is 5.53. The van der Waals surface area contributed by atoms with Gasteiger partial charge in [-0.05, 0) is 47.4 Å². The van der Waals surface area contributed by atoms with E-state index >= 15 is 0 Å². The van der Waals surface area contributed by atoms with Gasteiger partial charge in [-0.1, -0.05) is 74.7 Å². The Bertz CT molecular complexity index is 603. The summed E-state index contributed by atoms with van der Waals surface area (Å²) in [5.74, 6) is 1.01. The van der Waals surface area contributed by atoms with Crippen LogP contribution < -0.4 is 0 Å². The van der Waals surface area contributed by atoms with E-state index in [1.807, 2.05) is 0 Å². The molecular formula is C21H24. The van der Waals surface area contributed by atoms with Gasteiger partial charge in [-0.2, -0.15) is 0 Å². The highest BCUT2D eigenvalue weighted by Gasteiger charge is 2.42. The van der Waals surface area contributed by atoms with Gasteiger partial charge >= 0.3 is 0 Å². The zero-order chi connectivity index (χ0) is 14.3. The van der Waals surface area contributed by atoms with Crippen LogP contribution in [0.5, 0.6) is 0 Å². The molecule has 2 aliphatic carbocycles. The first-order valence-corrected chi connectivity index (χ1v) is 8.54. The lowest BCUT2D eigenvalue weighted by Crippen LogP contribution is -2.25. The zero-order valence-corrected chi connectivity index (χ0v) is 12.9. The van der Waals surface area contributed by atoms with Gasteiger partial charge in [0.15, 0.2) is 0 Å². The maximum Gasteiger partial charge on any atom is 0.0215 e. The molecule has 108 valence electrons. The predicted molar refractivity (Wildman–Crippen MR) is 89.5 cm³/mol. The molecule has 21 heavy (non-hydrogen) atoms. The summed E-state index contributed by atoms with van der Waals surface area (Å²) in [5.41, 5.74) is 6.43. The monoisotopic (exact) mass is 276 g/mol. The van der Waals surface area contributed by atoms with Crippen molar-refractivity contribution in [2.24, 2.45) is 5.92 Å². The second kappa shape index (κ2) is 5.02. The second-order valence-corrected chi connectivity index (χ2v) is 6.91. The molecule has 0 radical (unpaired) electrons. The summed E-state index contributed by atoms with van der Waals surface area (Å²) in [4.78, 5) is 0. The van der Waals surface area contributed by atoms with Gasteiger partial charge in [-0.3, -0.25) is 0 Å². The van der Waals surface area contributed by atoms with Gasteiger partial charge in [0.2, 0.25) is 0 Å². The fourth-order valence-electron chi connectivity index (χ4n) is 4.36. The van der Waals surface area contributed by atoms with Crippen molar-refractivity contribution in [3.63, 3.8) is 0 Å². The van der Waals surface area contributed by atoms with E-state index in [0.717, 1.165) is 5.92 Å². The van der Waals surface area contributed by atoms with Crippen molar-refractivity contribution in [2.45, 2.75) is 50.9 Å². The van der Waals surface area contributed by atoms with Crippen LogP contribution in [-0.4, -0.2) is 0 Å². The van der Waals surface area contributed by atoms with Crippen molar-refractivity contribution in [3.8, 4) is 11.1 Å². The number of hydrogen-bond donors (Lipinski definition) is 0. The van der Waals surface area contributed by atoms with E-state index in [4.69, 9.17) is 0 Å². The van der Waals surface area contributed by atoms with Crippen LogP contribution in [-0.2, 0) is 5.41 Å². The quantitative estimate of drug-likeness (QED) is 0.633. The number of fused-ring (bicyclic) bond motifs is 3. The molecular weight excluding hydrogens is 252 g/mol. The summed E-state index contributed by atoms with van der Waals surface area (Å²) in [7, 11) is 0. The minimum absolute atomic E-state index is 0.282. The molecule has 0 nitrogen and oxygen atoms in total. The molecule has 0 heteroatoms. The van der Waals surface area contributed by atoms with E-state index in [1.54, 1.807) is 11.1 Å². The van der Waals surface area contributed by atoms with Crippen LogP contribution in [0, 0.1) is 5.92 Å². The van der Waals surface area contributed by atoms with E-state index in [2.05, 4.69) is 55.5 Å². The Kier molecular flexibility index (Phi) is 3.14. The van der Waals surface area contributed by atoms with Gasteiger partial charge in [0.25, 0.3) is 0 Å². The van der Waals surface area contributed by atoms with Gasteiger partial charge in [-0.25, -0.2) is 0 Å². The van der Waals surface area contributed by atoms with Crippen molar-refractivity contribution in [1.29, 1.82) is 0 Å². The molecule has 0 amide bonds.